The highest BCUT2D eigenvalue weighted by Gasteiger charge is 2.34. The number of pyridine rings is 1. The quantitative estimate of drug-likeness (QED) is 0.856. The predicted octanol–water partition coefficient (Wildman–Crippen LogP) is 1.53. The normalized spacial score (nSPS) is 14.4. The summed E-state index contributed by atoms with van der Waals surface area (Å²) in [5.41, 5.74) is 0.418. The number of rotatable bonds is 4. The molecule has 2 rings (SSSR count). The summed E-state index contributed by atoms with van der Waals surface area (Å²) >= 11 is 3.18. The van der Waals surface area contributed by atoms with Gasteiger partial charge in [0.15, 0.2) is 0 Å². The first kappa shape index (κ1) is 12.0. The molecule has 1 aliphatic carbocycles. The number of hydrogen-bond donors (Lipinski definition) is 1. The molecule has 1 aromatic rings. The van der Waals surface area contributed by atoms with Gasteiger partial charge in [-0.2, -0.15) is 0 Å². The largest absolute Gasteiger partial charge is 0.480 e. The Balaban J connectivity index is 2.15. The Labute approximate surface area is 107 Å². The third-order valence-corrected chi connectivity index (χ3v) is 3.00. The van der Waals surface area contributed by atoms with Gasteiger partial charge in [-0.15, -0.1) is 0 Å². The number of carbonyl (C=O) groups is 2. The van der Waals surface area contributed by atoms with E-state index in [0.717, 1.165) is 12.8 Å². The Morgan fingerprint density at radius 1 is 1.47 bits per heavy atom. The van der Waals surface area contributed by atoms with E-state index in [0.29, 0.717) is 10.2 Å². The lowest BCUT2D eigenvalue weighted by Crippen LogP contribution is -2.37. The van der Waals surface area contributed by atoms with E-state index in [1.165, 1.54) is 11.1 Å². The molecule has 17 heavy (non-hydrogen) atoms. The maximum atomic E-state index is 12.1. The number of carboxylic acid groups (broad SMARTS) is 1. The zero-order chi connectivity index (χ0) is 12.4. The van der Waals surface area contributed by atoms with E-state index in [4.69, 9.17) is 5.11 Å². The van der Waals surface area contributed by atoms with Crippen molar-refractivity contribution in [3.63, 3.8) is 0 Å². The standard InChI is InChI=1S/C11H11BrN2O3/c12-9-4-1-7(5-13-9)11(17)14(6-10(15)16)8-2-3-8/h1,4-5,8H,2-3,6H2,(H,15,16). The maximum Gasteiger partial charge on any atom is 0.323 e. The number of nitrogens with zero attached hydrogens (tertiary/aromatic N) is 2. The summed E-state index contributed by atoms with van der Waals surface area (Å²) in [6.07, 6.45) is 3.20. The second-order valence-electron chi connectivity index (χ2n) is 3.93. The molecule has 1 heterocycles. The highest BCUT2D eigenvalue weighted by Crippen LogP contribution is 2.28. The van der Waals surface area contributed by atoms with Crippen LogP contribution in [0.4, 0.5) is 0 Å². The van der Waals surface area contributed by atoms with Gasteiger partial charge in [0.25, 0.3) is 5.91 Å². The van der Waals surface area contributed by atoms with Crippen molar-refractivity contribution < 1.29 is 14.7 Å². The van der Waals surface area contributed by atoms with Gasteiger partial charge in [0.1, 0.15) is 11.1 Å². The summed E-state index contributed by atoms with van der Waals surface area (Å²) in [7, 11) is 0. The fourth-order valence-corrected chi connectivity index (χ4v) is 1.80. The summed E-state index contributed by atoms with van der Waals surface area (Å²) < 4.78 is 0.644. The van der Waals surface area contributed by atoms with Crippen LogP contribution < -0.4 is 0 Å². The molecule has 0 radical (unpaired) electrons. The van der Waals surface area contributed by atoms with E-state index >= 15 is 0 Å². The predicted molar refractivity (Wildman–Crippen MR) is 63.6 cm³/mol. The molecule has 6 heteroatoms. The Morgan fingerprint density at radius 3 is 2.65 bits per heavy atom. The number of amides is 1. The molecule has 0 saturated heterocycles. The van der Waals surface area contributed by atoms with Crippen LogP contribution in [0.1, 0.15) is 23.2 Å². The fraction of sp³-hybridized carbons (Fsp3) is 0.364. The van der Waals surface area contributed by atoms with E-state index in [9.17, 15) is 9.59 Å². The number of aromatic nitrogens is 1. The second kappa shape index (κ2) is 4.83. The summed E-state index contributed by atoms with van der Waals surface area (Å²) in [6.45, 7) is -0.250. The SMILES string of the molecule is O=C(O)CN(C(=O)c1ccc(Br)nc1)C1CC1. The third kappa shape index (κ3) is 3.03. The average molecular weight is 299 g/mol. The minimum atomic E-state index is -0.990. The third-order valence-electron chi connectivity index (χ3n) is 2.53. The van der Waals surface area contributed by atoms with E-state index in [1.807, 2.05) is 0 Å². The first-order valence-corrected chi connectivity index (χ1v) is 6.01. The van der Waals surface area contributed by atoms with Gasteiger partial charge in [-0.1, -0.05) is 0 Å². The van der Waals surface area contributed by atoms with Crippen LogP contribution >= 0.6 is 15.9 Å². The van der Waals surface area contributed by atoms with Crippen LogP contribution in [-0.4, -0.2) is 39.5 Å². The Kier molecular flexibility index (Phi) is 3.42. The molecule has 0 bridgehead atoms. The first-order chi connectivity index (χ1) is 8.08. The molecule has 1 aliphatic rings. The van der Waals surface area contributed by atoms with E-state index in [2.05, 4.69) is 20.9 Å². The fourth-order valence-electron chi connectivity index (χ4n) is 1.57. The Hall–Kier alpha value is -1.43. The van der Waals surface area contributed by atoms with Crippen LogP contribution in [0.3, 0.4) is 0 Å². The van der Waals surface area contributed by atoms with Crippen LogP contribution in [0.15, 0.2) is 22.9 Å². The van der Waals surface area contributed by atoms with Gasteiger partial charge < -0.3 is 10.0 Å². The smallest absolute Gasteiger partial charge is 0.323 e. The van der Waals surface area contributed by atoms with Gasteiger partial charge in [0.2, 0.25) is 0 Å². The maximum absolute atomic E-state index is 12.1. The number of carbonyl (C=O) groups excluding carboxylic acids is 1. The molecule has 1 fully saturated rings. The molecule has 90 valence electrons. The number of hydrogen-bond acceptors (Lipinski definition) is 3. The monoisotopic (exact) mass is 298 g/mol. The van der Waals surface area contributed by atoms with Crippen LogP contribution in [0.5, 0.6) is 0 Å². The van der Waals surface area contributed by atoms with Gasteiger partial charge in [-0.05, 0) is 40.9 Å². The summed E-state index contributed by atoms with van der Waals surface area (Å²) in [5.74, 6) is -1.26. The van der Waals surface area contributed by atoms with Crippen molar-refractivity contribution >= 4 is 27.8 Å². The second-order valence-corrected chi connectivity index (χ2v) is 4.74. The average Bonchev–Trinajstić information content (AvgIpc) is 3.09. The summed E-state index contributed by atoms with van der Waals surface area (Å²) in [6, 6.07) is 3.37. The number of halogens is 1. The molecule has 1 N–H and O–H groups in total. The molecule has 0 spiro atoms. The molecular formula is C11H11BrN2O3. The van der Waals surface area contributed by atoms with Gasteiger partial charge >= 0.3 is 5.97 Å². The van der Waals surface area contributed by atoms with Crippen molar-refractivity contribution in [2.45, 2.75) is 18.9 Å². The molecule has 5 nitrogen and oxygen atoms in total. The molecule has 1 aromatic heterocycles. The van der Waals surface area contributed by atoms with Crippen LogP contribution in [0, 0.1) is 0 Å². The van der Waals surface area contributed by atoms with Gasteiger partial charge in [-0.25, -0.2) is 4.98 Å². The number of carboxylic acids is 1. The first-order valence-electron chi connectivity index (χ1n) is 5.22. The van der Waals surface area contributed by atoms with Crippen LogP contribution in [-0.2, 0) is 4.79 Å². The molecule has 0 aliphatic heterocycles. The molecule has 0 atom stereocenters. The zero-order valence-electron chi connectivity index (χ0n) is 8.97. The van der Waals surface area contributed by atoms with Crippen LogP contribution in [0.2, 0.25) is 0 Å². The van der Waals surface area contributed by atoms with E-state index < -0.39 is 5.97 Å². The molecule has 1 amide bonds. The highest BCUT2D eigenvalue weighted by atomic mass is 79.9. The van der Waals surface area contributed by atoms with Crippen molar-refractivity contribution in [3.05, 3.63) is 28.5 Å². The Morgan fingerprint density at radius 2 is 2.18 bits per heavy atom. The zero-order valence-corrected chi connectivity index (χ0v) is 10.6. The lowest BCUT2D eigenvalue weighted by molar-refractivity contribution is -0.137. The molecule has 0 aromatic carbocycles. The Bertz CT molecular complexity index is 443. The van der Waals surface area contributed by atoms with Crippen molar-refractivity contribution in [2.24, 2.45) is 0 Å². The lowest BCUT2D eigenvalue weighted by Gasteiger charge is -2.19. The minimum absolute atomic E-state index is 0.0715. The van der Waals surface area contributed by atoms with Gasteiger partial charge in [-0.3, -0.25) is 9.59 Å². The van der Waals surface area contributed by atoms with Gasteiger partial charge in [0.05, 0.1) is 5.56 Å². The van der Waals surface area contributed by atoms with Crippen LogP contribution in [0.25, 0.3) is 0 Å². The van der Waals surface area contributed by atoms with E-state index in [-0.39, 0.29) is 18.5 Å². The van der Waals surface area contributed by atoms with E-state index in [1.54, 1.807) is 12.1 Å². The summed E-state index contributed by atoms with van der Waals surface area (Å²) in [5, 5.41) is 8.78. The molecular weight excluding hydrogens is 288 g/mol. The topological polar surface area (TPSA) is 70.5 Å². The lowest BCUT2D eigenvalue weighted by atomic mass is 10.2. The minimum Gasteiger partial charge on any atom is -0.480 e. The summed E-state index contributed by atoms with van der Waals surface area (Å²) in [4.78, 5) is 28.2. The molecule has 0 unspecified atom stereocenters. The highest BCUT2D eigenvalue weighted by molar-refractivity contribution is 9.10. The van der Waals surface area contributed by atoms with Gasteiger partial charge in [0, 0.05) is 12.2 Å². The number of aliphatic carboxylic acids is 1. The van der Waals surface area contributed by atoms with Crippen molar-refractivity contribution in [1.82, 2.24) is 9.88 Å². The van der Waals surface area contributed by atoms with Crippen molar-refractivity contribution in [3.8, 4) is 0 Å². The van der Waals surface area contributed by atoms with Crippen molar-refractivity contribution in [2.75, 3.05) is 6.54 Å². The van der Waals surface area contributed by atoms with Crippen molar-refractivity contribution in [1.29, 1.82) is 0 Å². The molecule has 1 saturated carbocycles.